The first kappa shape index (κ1) is 16.3. The van der Waals surface area contributed by atoms with Crippen LogP contribution >= 0.6 is 11.6 Å². The lowest BCUT2D eigenvalue weighted by Gasteiger charge is -2.08. The molecule has 24 heavy (non-hydrogen) atoms. The minimum Gasteiger partial charge on any atom is -0.467 e. The molecule has 7 heteroatoms. The average molecular weight is 346 g/mol. The molecule has 0 spiro atoms. The van der Waals surface area contributed by atoms with Crippen LogP contribution in [0.25, 0.3) is 5.69 Å². The lowest BCUT2D eigenvalue weighted by atomic mass is 10.2. The molecule has 2 heterocycles. The Bertz CT molecular complexity index is 843. The van der Waals surface area contributed by atoms with Crippen LogP contribution in [-0.2, 0) is 0 Å². The fourth-order valence-electron chi connectivity index (χ4n) is 2.32. The molecule has 0 bridgehead atoms. The van der Waals surface area contributed by atoms with Crippen LogP contribution in [0.15, 0.2) is 53.1 Å². The molecule has 0 radical (unpaired) electrons. The zero-order valence-corrected chi connectivity index (χ0v) is 13.7. The van der Waals surface area contributed by atoms with Crippen molar-refractivity contribution in [3.8, 4) is 5.69 Å². The summed E-state index contributed by atoms with van der Waals surface area (Å²) in [6.45, 7) is 1.89. The molecule has 1 aromatic carbocycles. The third-order valence-corrected chi connectivity index (χ3v) is 3.74. The number of benzene rings is 1. The van der Waals surface area contributed by atoms with Crippen molar-refractivity contribution in [2.75, 3.05) is 6.54 Å². The second-order valence-corrected chi connectivity index (χ2v) is 5.74. The Morgan fingerprint density at radius 1 is 1.38 bits per heavy atom. The van der Waals surface area contributed by atoms with E-state index in [1.165, 1.54) is 6.26 Å². The van der Waals surface area contributed by atoms with E-state index < -0.39 is 6.10 Å². The van der Waals surface area contributed by atoms with Crippen LogP contribution in [0.2, 0.25) is 5.02 Å². The quantitative estimate of drug-likeness (QED) is 0.745. The van der Waals surface area contributed by atoms with Crippen molar-refractivity contribution in [3.63, 3.8) is 0 Å². The van der Waals surface area contributed by atoms with Gasteiger partial charge in [-0.25, -0.2) is 4.68 Å². The fourth-order valence-corrected chi connectivity index (χ4v) is 2.50. The molecule has 1 atom stereocenters. The van der Waals surface area contributed by atoms with Crippen molar-refractivity contribution in [2.45, 2.75) is 13.0 Å². The predicted molar refractivity (Wildman–Crippen MR) is 89.3 cm³/mol. The van der Waals surface area contributed by atoms with E-state index in [1.807, 2.05) is 19.1 Å². The number of nitrogens with one attached hydrogen (secondary N) is 1. The maximum atomic E-state index is 12.2. The van der Waals surface area contributed by atoms with Gasteiger partial charge in [-0.15, -0.1) is 0 Å². The standard InChI is InChI=1S/C17H16ClN3O3/c1-11-8-14(20-21(11)13-5-2-4-12(18)9-13)17(23)19-10-15(22)16-6-3-7-24-16/h2-9,15,22H,10H2,1H3,(H,19,23). The van der Waals surface area contributed by atoms with Gasteiger partial charge in [-0.2, -0.15) is 5.10 Å². The Morgan fingerprint density at radius 3 is 2.92 bits per heavy atom. The summed E-state index contributed by atoms with van der Waals surface area (Å²) in [5.41, 5.74) is 1.84. The van der Waals surface area contributed by atoms with Crippen LogP contribution < -0.4 is 5.32 Å². The van der Waals surface area contributed by atoms with Gasteiger partial charge in [0.05, 0.1) is 18.5 Å². The number of hydrogen-bond acceptors (Lipinski definition) is 4. The topological polar surface area (TPSA) is 80.3 Å². The van der Waals surface area contributed by atoms with Crippen molar-refractivity contribution in [3.05, 3.63) is 70.9 Å². The number of nitrogens with zero attached hydrogens (tertiary/aromatic N) is 2. The van der Waals surface area contributed by atoms with Gasteiger partial charge in [0, 0.05) is 10.7 Å². The smallest absolute Gasteiger partial charge is 0.271 e. The maximum Gasteiger partial charge on any atom is 0.271 e. The zero-order valence-electron chi connectivity index (χ0n) is 12.9. The molecule has 0 aliphatic rings. The van der Waals surface area contributed by atoms with Crippen LogP contribution in [0.4, 0.5) is 0 Å². The predicted octanol–water partition coefficient (Wildman–Crippen LogP) is 2.89. The largest absolute Gasteiger partial charge is 0.467 e. The highest BCUT2D eigenvalue weighted by atomic mass is 35.5. The summed E-state index contributed by atoms with van der Waals surface area (Å²) in [6.07, 6.45) is 0.566. The number of amides is 1. The van der Waals surface area contributed by atoms with Crippen LogP contribution in [0, 0.1) is 6.92 Å². The Labute approximate surface area is 143 Å². The summed E-state index contributed by atoms with van der Waals surface area (Å²) >= 11 is 5.99. The molecule has 124 valence electrons. The summed E-state index contributed by atoms with van der Waals surface area (Å²) in [6, 6.07) is 12.2. The molecule has 3 rings (SSSR count). The van der Waals surface area contributed by atoms with Gasteiger partial charge < -0.3 is 14.8 Å². The van der Waals surface area contributed by atoms with Gasteiger partial charge in [-0.1, -0.05) is 17.7 Å². The van der Waals surface area contributed by atoms with Gasteiger partial charge in [-0.3, -0.25) is 4.79 Å². The van der Waals surface area contributed by atoms with E-state index in [9.17, 15) is 9.90 Å². The van der Waals surface area contributed by atoms with E-state index in [2.05, 4.69) is 10.4 Å². The highest BCUT2D eigenvalue weighted by Crippen LogP contribution is 2.17. The van der Waals surface area contributed by atoms with E-state index in [4.69, 9.17) is 16.0 Å². The molecule has 1 unspecified atom stereocenters. The lowest BCUT2D eigenvalue weighted by Crippen LogP contribution is -2.28. The number of hydrogen-bond donors (Lipinski definition) is 2. The Hall–Kier alpha value is -2.57. The molecule has 0 aliphatic carbocycles. The summed E-state index contributed by atoms with van der Waals surface area (Å²) in [4.78, 5) is 12.2. The van der Waals surface area contributed by atoms with E-state index in [1.54, 1.807) is 35.0 Å². The number of aryl methyl sites for hydroxylation is 1. The van der Waals surface area contributed by atoms with Gasteiger partial charge in [0.25, 0.3) is 5.91 Å². The van der Waals surface area contributed by atoms with Crippen molar-refractivity contribution in [2.24, 2.45) is 0 Å². The number of carbonyl (C=O) groups is 1. The number of halogens is 1. The van der Waals surface area contributed by atoms with E-state index in [0.717, 1.165) is 11.4 Å². The molecular formula is C17H16ClN3O3. The Morgan fingerprint density at radius 2 is 2.21 bits per heavy atom. The molecule has 0 fully saturated rings. The van der Waals surface area contributed by atoms with Crippen molar-refractivity contribution >= 4 is 17.5 Å². The van der Waals surface area contributed by atoms with Crippen LogP contribution in [0.5, 0.6) is 0 Å². The minimum atomic E-state index is -0.903. The number of furan rings is 1. The molecule has 0 aliphatic heterocycles. The van der Waals surface area contributed by atoms with Gasteiger partial charge in [0.15, 0.2) is 5.69 Å². The second kappa shape index (κ2) is 6.90. The summed E-state index contributed by atoms with van der Waals surface area (Å²) < 4.78 is 6.73. The Kier molecular flexibility index (Phi) is 4.69. The van der Waals surface area contributed by atoms with Crippen molar-refractivity contribution in [1.29, 1.82) is 0 Å². The molecule has 0 saturated heterocycles. The molecule has 2 aromatic heterocycles. The SMILES string of the molecule is Cc1cc(C(=O)NCC(O)c2ccco2)nn1-c1cccc(Cl)c1. The average Bonchev–Trinajstić information content (AvgIpc) is 3.22. The molecular weight excluding hydrogens is 330 g/mol. The van der Waals surface area contributed by atoms with Gasteiger partial charge in [0.1, 0.15) is 11.9 Å². The van der Waals surface area contributed by atoms with Gasteiger partial charge >= 0.3 is 0 Å². The summed E-state index contributed by atoms with van der Waals surface area (Å²) in [5, 5.41) is 17.5. The number of aliphatic hydroxyl groups is 1. The summed E-state index contributed by atoms with van der Waals surface area (Å²) in [5.74, 6) is 0.0282. The molecule has 1 amide bonds. The third-order valence-electron chi connectivity index (χ3n) is 3.50. The van der Waals surface area contributed by atoms with Crippen LogP contribution in [0.3, 0.4) is 0 Å². The first-order valence-electron chi connectivity index (χ1n) is 7.37. The van der Waals surface area contributed by atoms with Gasteiger partial charge in [-0.05, 0) is 43.3 Å². The highest BCUT2D eigenvalue weighted by molar-refractivity contribution is 6.30. The first-order valence-corrected chi connectivity index (χ1v) is 7.74. The van der Waals surface area contributed by atoms with E-state index in [-0.39, 0.29) is 18.1 Å². The number of rotatable bonds is 5. The zero-order chi connectivity index (χ0) is 17.1. The normalized spacial score (nSPS) is 12.1. The number of carbonyl (C=O) groups excluding carboxylic acids is 1. The van der Waals surface area contributed by atoms with Gasteiger partial charge in [0.2, 0.25) is 0 Å². The first-order chi connectivity index (χ1) is 11.5. The van der Waals surface area contributed by atoms with E-state index >= 15 is 0 Å². The monoisotopic (exact) mass is 345 g/mol. The van der Waals surface area contributed by atoms with Crippen molar-refractivity contribution < 1.29 is 14.3 Å². The van der Waals surface area contributed by atoms with Crippen LogP contribution in [-0.4, -0.2) is 27.3 Å². The minimum absolute atomic E-state index is 0.0371. The highest BCUT2D eigenvalue weighted by Gasteiger charge is 2.16. The number of aromatic nitrogens is 2. The molecule has 2 N–H and O–H groups in total. The number of aliphatic hydroxyl groups excluding tert-OH is 1. The fraction of sp³-hybridized carbons (Fsp3) is 0.176. The van der Waals surface area contributed by atoms with Crippen LogP contribution in [0.1, 0.15) is 28.0 Å². The summed E-state index contributed by atoms with van der Waals surface area (Å²) in [7, 11) is 0. The maximum absolute atomic E-state index is 12.2. The third kappa shape index (κ3) is 3.50. The Balaban J connectivity index is 1.71. The molecule has 6 nitrogen and oxygen atoms in total. The van der Waals surface area contributed by atoms with Crippen molar-refractivity contribution in [1.82, 2.24) is 15.1 Å². The molecule has 0 saturated carbocycles. The second-order valence-electron chi connectivity index (χ2n) is 5.30. The molecule has 3 aromatic rings. The van der Waals surface area contributed by atoms with E-state index in [0.29, 0.717) is 10.8 Å². The lowest BCUT2D eigenvalue weighted by molar-refractivity contribution is 0.0896.